The van der Waals surface area contributed by atoms with Crippen molar-refractivity contribution in [2.24, 2.45) is 0 Å². The number of benzene rings is 2. The van der Waals surface area contributed by atoms with E-state index in [2.05, 4.69) is 29.2 Å². The highest BCUT2D eigenvalue weighted by molar-refractivity contribution is 5.85. The zero-order valence-electron chi connectivity index (χ0n) is 12.3. The van der Waals surface area contributed by atoms with Gasteiger partial charge in [0.1, 0.15) is 0 Å². The molecule has 2 aromatic carbocycles. The average molecular weight is 287 g/mol. The molecule has 0 unspecified atom stereocenters. The molecule has 0 aliphatic carbocycles. The van der Waals surface area contributed by atoms with Crippen molar-refractivity contribution in [1.29, 1.82) is 0 Å². The zero-order valence-corrected chi connectivity index (χ0v) is 12.3. The Balaban J connectivity index is 2.15. The summed E-state index contributed by atoms with van der Waals surface area (Å²) in [5.41, 5.74) is 1.22. The first-order chi connectivity index (χ1) is 10.2. The molecule has 0 fully saturated rings. The van der Waals surface area contributed by atoms with Gasteiger partial charge in [-0.3, -0.25) is 9.69 Å². The highest BCUT2D eigenvalue weighted by atomic mass is 16.5. The van der Waals surface area contributed by atoms with Gasteiger partial charge in [0.25, 0.3) is 0 Å². The van der Waals surface area contributed by atoms with E-state index in [9.17, 15) is 4.79 Å². The van der Waals surface area contributed by atoms with Gasteiger partial charge in [-0.05, 0) is 16.3 Å². The fraction of sp³-hybridized carbons (Fsp3) is 0.353. The van der Waals surface area contributed by atoms with E-state index < -0.39 is 5.97 Å². The third-order valence-electron chi connectivity index (χ3n) is 3.53. The minimum absolute atomic E-state index is 0.147. The molecule has 0 saturated carbocycles. The van der Waals surface area contributed by atoms with Crippen LogP contribution in [0.5, 0.6) is 0 Å². The van der Waals surface area contributed by atoms with Crippen LogP contribution in [0.3, 0.4) is 0 Å². The van der Waals surface area contributed by atoms with Crippen molar-refractivity contribution in [2.75, 3.05) is 26.8 Å². The lowest BCUT2D eigenvalue weighted by molar-refractivity contribution is -0.137. The Morgan fingerprint density at radius 3 is 2.67 bits per heavy atom. The van der Waals surface area contributed by atoms with Crippen LogP contribution in [0, 0.1) is 0 Å². The quantitative estimate of drug-likeness (QED) is 0.811. The molecule has 0 amide bonds. The molecule has 2 rings (SSSR count). The van der Waals surface area contributed by atoms with Crippen molar-refractivity contribution in [3.05, 3.63) is 48.0 Å². The van der Waals surface area contributed by atoms with Gasteiger partial charge in [0.05, 0.1) is 13.0 Å². The smallest absolute Gasteiger partial charge is 0.304 e. The third-order valence-corrected chi connectivity index (χ3v) is 3.53. The Bertz CT molecular complexity index is 592. The molecule has 0 atom stereocenters. The minimum atomic E-state index is -0.768. The summed E-state index contributed by atoms with van der Waals surface area (Å²) in [6, 6.07) is 14.5. The molecule has 112 valence electrons. The summed E-state index contributed by atoms with van der Waals surface area (Å²) in [7, 11) is 1.66. The Morgan fingerprint density at radius 1 is 1.14 bits per heavy atom. The lowest BCUT2D eigenvalue weighted by Crippen LogP contribution is -2.29. The lowest BCUT2D eigenvalue weighted by atomic mass is 10.0. The number of ether oxygens (including phenoxy) is 1. The second-order valence-electron chi connectivity index (χ2n) is 5.05. The molecule has 0 saturated heterocycles. The third kappa shape index (κ3) is 4.55. The highest BCUT2D eigenvalue weighted by Crippen LogP contribution is 2.20. The maximum atomic E-state index is 10.8. The van der Waals surface area contributed by atoms with E-state index in [1.165, 1.54) is 16.3 Å². The van der Waals surface area contributed by atoms with Crippen molar-refractivity contribution in [2.45, 2.75) is 13.0 Å². The SMILES string of the molecule is COCCN(CCC(=O)O)Cc1cccc2ccccc12. The lowest BCUT2D eigenvalue weighted by Gasteiger charge is -2.22. The van der Waals surface area contributed by atoms with Gasteiger partial charge in [0.2, 0.25) is 0 Å². The van der Waals surface area contributed by atoms with Crippen LogP contribution in [-0.2, 0) is 16.1 Å². The number of carboxylic acids is 1. The van der Waals surface area contributed by atoms with E-state index in [1.807, 2.05) is 18.2 Å². The number of fused-ring (bicyclic) bond motifs is 1. The first-order valence-electron chi connectivity index (χ1n) is 7.10. The van der Waals surface area contributed by atoms with Crippen LogP contribution in [-0.4, -0.2) is 42.8 Å². The summed E-state index contributed by atoms with van der Waals surface area (Å²) < 4.78 is 5.12. The van der Waals surface area contributed by atoms with E-state index in [-0.39, 0.29) is 6.42 Å². The van der Waals surface area contributed by atoms with Crippen LogP contribution in [0.25, 0.3) is 10.8 Å². The van der Waals surface area contributed by atoms with Crippen LogP contribution < -0.4 is 0 Å². The Hall–Kier alpha value is -1.91. The van der Waals surface area contributed by atoms with Gasteiger partial charge in [0.15, 0.2) is 0 Å². The van der Waals surface area contributed by atoms with Crippen LogP contribution in [0.1, 0.15) is 12.0 Å². The molecular weight excluding hydrogens is 266 g/mol. The molecule has 2 aromatic rings. The second kappa shape index (κ2) is 7.76. The standard InChI is InChI=1S/C17H21NO3/c1-21-12-11-18(10-9-17(19)20)13-15-7-4-6-14-5-2-3-8-16(14)15/h2-8H,9-13H2,1H3,(H,19,20). The molecule has 0 aliphatic heterocycles. The van der Waals surface area contributed by atoms with Crippen molar-refractivity contribution < 1.29 is 14.6 Å². The van der Waals surface area contributed by atoms with Crippen molar-refractivity contribution in [1.82, 2.24) is 4.90 Å². The van der Waals surface area contributed by atoms with Crippen molar-refractivity contribution in [3.63, 3.8) is 0 Å². The number of nitrogens with zero attached hydrogens (tertiary/aromatic N) is 1. The molecule has 0 aliphatic rings. The number of hydrogen-bond acceptors (Lipinski definition) is 3. The van der Waals surface area contributed by atoms with E-state index in [1.54, 1.807) is 7.11 Å². The summed E-state index contributed by atoms with van der Waals surface area (Å²) >= 11 is 0. The first-order valence-corrected chi connectivity index (χ1v) is 7.10. The maximum Gasteiger partial charge on any atom is 0.304 e. The number of methoxy groups -OCH3 is 1. The van der Waals surface area contributed by atoms with Crippen LogP contribution >= 0.6 is 0 Å². The molecule has 0 aromatic heterocycles. The second-order valence-corrected chi connectivity index (χ2v) is 5.05. The van der Waals surface area contributed by atoms with Gasteiger partial charge < -0.3 is 9.84 Å². The fourth-order valence-electron chi connectivity index (χ4n) is 2.42. The molecule has 0 bridgehead atoms. The number of rotatable bonds is 8. The zero-order chi connectivity index (χ0) is 15.1. The molecule has 4 heteroatoms. The Morgan fingerprint density at radius 2 is 1.90 bits per heavy atom. The van der Waals surface area contributed by atoms with Crippen molar-refractivity contribution in [3.8, 4) is 0 Å². The van der Waals surface area contributed by atoms with Gasteiger partial charge in [0, 0.05) is 26.7 Å². The number of carboxylic acid groups (broad SMARTS) is 1. The van der Waals surface area contributed by atoms with Gasteiger partial charge in [-0.2, -0.15) is 0 Å². The molecule has 0 heterocycles. The van der Waals surface area contributed by atoms with E-state index in [4.69, 9.17) is 9.84 Å². The molecular formula is C17H21NO3. The fourth-order valence-corrected chi connectivity index (χ4v) is 2.42. The van der Waals surface area contributed by atoms with Crippen LogP contribution in [0.15, 0.2) is 42.5 Å². The van der Waals surface area contributed by atoms with Gasteiger partial charge in [-0.25, -0.2) is 0 Å². The summed E-state index contributed by atoms with van der Waals surface area (Å²) in [6.45, 7) is 2.59. The predicted octanol–water partition coefficient (Wildman–Crippen LogP) is 2.76. The maximum absolute atomic E-state index is 10.8. The minimum Gasteiger partial charge on any atom is -0.481 e. The number of carbonyl (C=O) groups is 1. The topological polar surface area (TPSA) is 49.8 Å². The summed E-state index contributed by atoms with van der Waals surface area (Å²) in [6.07, 6.45) is 0.147. The largest absolute Gasteiger partial charge is 0.481 e. The molecule has 0 spiro atoms. The average Bonchev–Trinajstić information content (AvgIpc) is 2.50. The van der Waals surface area contributed by atoms with Crippen LogP contribution in [0.4, 0.5) is 0 Å². The predicted molar refractivity (Wildman–Crippen MR) is 83.4 cm³/mol. The molecule has 0 radical (unpaired) electrons. The summed E-state index contributed by atoms with van der Waals surface area (Å²) in [4.78, 5) is 12.9. The highest BCUT2D eigenvalue weighted by Gasteiger charge is 2.10. The monoisotopic (exact) mass is 287 g/mol. The van der Waals surface area contributed by atoms with Gasteiger partial charge in [-0.15, -0.1) is 0 Å². The summed E-state index contributed by atoms with van der Waals surface area (Å²) in [5, 5.41) is 11.3. The molecule has 1 N–H and O–H groups in total. The van der Waals surface area contributed by atoms with Crippen LogP contribution in [0.2, 0.25) is 0 Å². The summed E-state index contributed by atoms with van der Waals surface area (Å²) in [5.74, 6) is -0.768. The normalized spacial score (nSPS) is 11.1. The molecule has 21 heavy (non-hydrogen) atoms. The first kappa shape index (κ1) is 15.5. The Kier molecular flexibility index (Phi) is 5.72. The van der Waals surface area contributed by atoms with E-state index in [0.29, 0.717) is 13.2 Å². The van der Waals surface area contributed by atoms with E-state index in [0.717, 1.165) is 13.1 Å². The number of hydrogen-bond donors (Lipinski definition) is 1. The Labute approximate surface area is 124 Å². The number of aliphatic carboxylic acids is 1. The molecule has 4 nitrogen and oxygen atoms in total. The van der Waals surface area contributed by atoms with Gasteiger partial charge >= 0.3 is 5.97 Å². The van der Waals surface area contributed by atoms with Crippen molar-refractivity contribution >= 4 is 16.7 Å². The van der Waals surface area contributed by atoms with E-state index >= 15 is 0 Å². The van der Waals surface area contributed by atoms with Gasteiger partial charge in [-0.1, -0.05) is 42.5 Å².